The minimum Gasteiger partial charge on any atom is -0.506 e. The highest BCUT2D eigenvalue weighted by Crippen LogP contribution is 2.33. The Morgan fingerprint density at radius 3 is 2.82 bits per heavy atom. The Morgan fingerprint density at radius 2 is 2.10 bits per heavy atom. The van der Waals surface area contributed by atoms with Crippen LogP contribution in [0.15, 0.2) is 36.4 Å². The van der Waals surface area contributed by atoms with Gasteiger partial charge in [0.05, 0.1) is 35.5 Å². The Hall–Kier alpha value is -4.54. The molecule has 0 aliphatic carbocycles. The molecule has 3 heterocycles. The minimum absolute atomic E-state index is 0.0538. The number of rotatable bonds is 6. The molecule has 13 heteroatoms. The fourth-order valence-electron chi connectivity index (χ4n) is 5.20. The first-order valence-electron chi connectivity index (χ1n) is 12.2. The van der Waals surface area contributed by atoms with Gasteiger partial charge in [-0.3, -0.25) is 9.59 Å². The molecule has 0 unspecified atom stereocenters. The number of nitrogens with zero attached hydrogens (tertiary/aromatic N) is 5. The van der Waals surface area contributed by atoms with E-state index in [9.17, 15) is 19.5 Å². The summed E-state index contributed by atoms with van der Waals surface area (Å²) in [6, 6.07) is 9.07. The summed E-state index contributed by atoms with van der Waals surface area (Å²) in [6.45, 7) is 0.205. The lowest BCUT2D eigenvalue weighted by molar-refractivity contribution is -0.157. The fraction of sp³-hybridized carbons (Fsp3) is 0.308. The van der Waals surface area contributed by atoms with Crippen molar-refractivity contribution in [2.24, 2.45) is 0 Å². The van der Waals surface area contributed by atoms with Crippen LogP contribution >= 0.6 is 11.3 Å². The van der Waals surface area contributed by atoms with Gasteiger partial charge in [0.1, 0.15) is 18.0 Å². The molecule has 39 heavy (non-hydrogen) atoms. The van der Waals surface area contributed by atoms with Crippen molar-refractivity contribution in [3.8, 4) is 18.1 Å². The van der Waals surface area contributed by atoms with Gasteiger partial charge < -0.3 is 31.7 Å². The number of carbonyl (C=O) groups is 3. The fourth-order valence-corrected chi connectivity index (χ4v) is 5.98. The summed E-state index contributed by atoms with van der Waals surface area (Å²) in [4.78, 5) is 47.7. The van der Waals surface area contributed by atoms with E-state index in [1.165, 1.54) is 34.4 Å². The molecule has 2 atom stereocenters. The Balaban J connectivity index is 1.53. The number of hydrogen-bond acceptors (Lipinski definition) is 9. The maximum absolute atomic E-state index is 14.0. The zero-order valence-electron chi connectivity index (χ0n) is 21.2. The summed E-state index contributed by atoms with van der Waals surface area (Å²) in [5.74, 6) is 1.85. The van der Waals surface area contributed by atoms with Crippen LogP contribution in [0.5, 0.6) is 5.75 Å². The van der Waals surface area contributed by atoms with Gasteiger partial charge in [-0.2, -0.15) is 5.01 Å². The standard InChI is InChI=1S/C26H28N8O4S/c1-3-9-32(26(38)29-2)33-14-22(36)34-18(11-15-7-8-19(35)17(27)10-15)24(37)31(13-21(33)34)12-16-5-4-6-20-23(16)30-25(28)39-20/h1,4-8,10,18,21,35H,9,11-14,27H2,2H3,(H2,28,30)(H,29,38)/t18-,21+/m0/s1. The second-order valence-corrected chi connectivity index (χ2v) is 10.4. The van der Waals surface area contributed by atoms with Crippen molar-refractivity contribution in [1.82, 2.24) is 30.1 Å². The van der Waals surface area contributed by atoms with Crippen LogP contribution in [0.2, 0.25) is 0 Å². The van der Waals surface area contributed by atoms with Crippen LogP contribution in [0.25, 0.3) is 10.2 Å². The highest BCUT2D eigenvalue weighted by atomic mass is 32.1. The second kappa shape index (κ2) is 10.3. The highest BCUT2D eigenvalue weighted by molar-refractivity contribution is 7.22. The number of hydrogen-bond donors (Lipinski definition) is 4. The molecule has 2 saturated heterocycles. The number of para-hydroxylation sites is 1. The van der Waals surface area contributed by atoms with Crippen molar-refractivity contribution in [2.45, 2.75) is 25.2 Å². The molecule has 2 aromatic carbocycles. The van der Waals surface area contributed by atoms with Gasteiger partial charge in [0, 0.05) is 20.0 Å². The normalized spacial score (nSPS) is 19.3. The van der Waals surface area contributed by atoms with E-state index in [1.54, 1.807) is 22.0 Å². The van der Waals surface area contributed by atoms with Gasteiger partial charge in [-0.05, 0) is 29.3 Å². The van der Waals surface area contributed by atoms with Crippen LogP contribution in [-0.4, -0.2) is 86.6 Å². The molecule has 2 fully saturated rings. The van der Waals surface area contributed by atoms with Gasteiger partial charge in [-0.25, -0.2) is 14.8 Å². The molecule has 12 nitrogen and oxygen atoms in total. The number of phenols is 1. The number of nitrogens with one attached hydrogen (secondary N) is 1. The second-order valence-electron chi connectivity index (χ2n) is 9.34. The number of amides is 4. The molecular formula is C26H28N8O4S. The van der Waals surface area contributed by atoms with E-state index < -0.39 is 18.2 Å². The number of nitrogens with two attached hydrogens (primary N) is 2. The molecular weight excluding hydrogens is 520 g/mol. The van der Waals surface area contributed by atoms with Crippen molar-refractivity contribution in [3.63, 3.8) is 0 Å². The number of nitrogen functional groups attached to an aromatic ring is 2. The average Bonchev–Trinajstić information content (AvgIpc) is 3.45. The molecule has 202 valence electrons. The summed E-state index contributed by atoms with van der Waals surface area (Å²) in [7, 11) is 1.48. The Morgan fingerprint density at radius 1 is 1.31 bits per heavy atom. The smallest absolute Gasteiger partial charge is 0.332 e. The Bertz CT molecular complexity index is 1500. The molecule has 0 saturated carbocycles. The van der Waals surface area contributed by atoms with Gasteiger partial charge in [0.15, 0.2) is 5.13 Å². The van der Waals surface area contributed by atoms with E-state index >= 15 is 0 Å². The molecule has 6 N–H and O–H groups in total. The van der Waals surface area contributed by atoms with Crippen molar-refractivity contribution < 1.29 is 19.5 Å². The third-order valence-corrected chi connectivity index (χ3v) is 7.82. The summed E-state index contributed by atoms with van der Waals surface area (Å²) in [6.07, 6.45) is 5.07. The third-order valence-electron chi connectivity index (χ3n) is 6.97. The number of aromatic hydroxyl groups is 1. The summed E-state index contributed by atoms with van der Waals surface area (Å²) >= 11 is 1.37. The number of fused-ring (bicyclic) bond motifs is 2. The van der Waals surface area contributed by atoms with E-state index in [-0.39, 0.29) is 55.9 Å². The monoisotopic (exact) mass is 548 g/mol. The van der Waals surface area contributed by atoms with Crippen LogP contribution in [-0.2, 0) is 22.6 Å². The van der Waals surface area contributed by atoms with Crippen LogP contribution in [0, 0.1) is 12.3 Å². The number of urea groups is 1. The predicted octanol–water partition coefficient (Wildman–Crippen LogP) is 0.780. The molecule has 3 aromatic rings. The van der Waals surface area contributed by atoms with Gasteiger partial charge >= 0.3 is 6.03 Å². The van der Waals surface area contributed by atoms with E-state index in [2.05, 4.69) is 16.2 Å². The van der Waals surface area contributed by atoms with Crippen molar-refractivity contribution in [1.29, 1.82) is 0 Å². The number of terminal acetylenes is 1. The number of phenolic OH excluding ortho intramolecular Hbond substituents is 1. The lowest BCUT2D eigenvalue weighted by Gasteiger charge is -2.46. The number of carbonyl (C=O) groups excluding carboxylic acids is 3. The van der Waals surface area contributed by atoms with Crippen LogP contribution < -0.4 is 16.8 Å². The zero-order chi connectivity index (χ0) is 27.8. The van der Waals surface area contributed by atoms with Gasteiger partial charge in [-0.15, -0.1) is 6.42 Å². The molecule has 1 aromatic heterocycles. The first-order valence-corrected chi connectivity index (χ1v) is 13.0. The van der Waals surface area contributed by atoms with E-state index in [1.807, 2.05) is 18.2 Å². The van der Waals surface area contributed by atoms with Crippen LogP contribution in [0.4, 0.5) is 15.6 Å². The predicted molar refractivity (Wildman–Crippen MR) is 147 cm³/mol. The SMILES string of the molecule is C#CCN(C(=O)NC)N1CC(=O)N2[C@@H](Cc3ccc(O)c(N)c3)C(=O)N(Cc3cccc4sc(N)nc34)C[C@@H]21. The zero-order valence-corrected chi connectivity index (χ0v) is 22.0. The quantitative estimate of drug-likeness (QED) is 0.200. The van der Waals surface area contributed by atoms with Crippen LogP contribution in [0.3, 0.4) is 0 Å². The Labute approximate surface area is 228 Å². The largest absolute Gasteiger partial charge is 0.506 e. The summed E-state index contributed by atoms with van der Waals surface area (Å²) in [5, 5.41) is 15.8. The number of benzene rings is 2. The molecule has 5 rings (SSSR count). The topological polar surface area (TPSA) is 161 Å². The first kappa shape index (κ1) is 26.1. The molecule has 0 spiro atoms. The Kier molecular flexibility index (Phi) is 6.90. The van der Waals surface area contributed by atoms with Crippen molar-refractivity contribution >= 4 is 50.2 Å². The number of aromatic nitrogens is 1. The van der Waals surface area contributed by atoms with Gasteiger partial charge in [0.25, 0.3) is 0 Å². The lowest BCUT2D eigenvalue weighted by atomic mass is 9.99. The summed E-state index contributed by atoms with van der Waals surface area (Å²) in [5.41, 5.74) is 14.2. The van der Waals surface area contributed by atoms with Crippen molar-refractivity contribution in [3.05, 3.63) is 47.5 Å². The van der Waals surface area contributed by atoms with E-state index in [0.717, 1.165) is 15.8 Å². The first-order chi connectivity index (χ1) is 18.7. The van der Waals surface area contributed by atoms with Gasteiger partial charge in [-0.1, -0.05) is 35.5 Å². The molecule has 2 aliphatic heterocycles. The number of piperazine rings is 1. The van der Waals surface area contributed by atoms with Gasteiger partial charge in [0.2, 0.25) is 11.8 Å². The molecule has 0 radical (unpaired) electrons. The maximum atomic E-state index is 14.0. The minimum atomic E-state index is -0.873. The molecule has 2 aliphatic rings. The highest BCUT2D eigenvalue weighted by Gasteiger charge is 2.52. The number of hydrazine groups is 1. The molecule has 0 bridgehead atoms. The third kappa shape index (κ3) is 4.75. The van der Waals surface area contributed by atoms with Crippen LogP contribution in [0.1, 0.15) is 11.1 Å². The average molecular weight is 549 g/mol. The summed E-state index contributed by atoms with van der Waals surface area (Å²) < 4.78 is 0.907. The van der Waals surface area contributed by atoms with Crippen molar-refractivity contribution in [2.75, 3.05) is 38.1 Å². The molecule has 4 amide bonds. The van der Waals surface area contributed by atoms with E-state index in [0.29, 0.717) is 10.7 Å². The maximum Gasteiger partial charge on any atom is 0.332 e. The number of thiazole rings is 1. The lowest BCUT2D eigenvalue weighted by Crippen LogP contribution is -2.66. The number of anilines is 2. The van der Waals surface area contributed by atoms with E-state index in [4.69, 9.17) is 17.9 Å².